The molecule has 0 saturated carbocycles. The summed E-state index contributed by atoms with van der Waals surface area (Å²) in [4.78, 5) is 31.7. The van der Waals surface area contributed by atoms with Gasteiger partial charge in [0.25, 0.3) is 0 Å². The van der Waals surface area contributed by atoms with Crippen LogP contribution in [-0.2, 0) is 0 Å². The molecule has 0 radical (unpaired) electrons. The molecule has 532 valence electrons. The summed E-state index contributed by atoms with van der Waals surface area (Å²) < 4.78 is 5.03. The first-order valence-corrected chi connectivity index (χ1v) is 40.0. The van der Waals surface area contributed by atoms with Crippen LogP contribution >= 0.6 is 22.7 Å². The lowest BCUT2D eigenvalue weighted by molar-refractivity contribution is 1.18. The molecule has 6 nitrogen and oxygen atoms in total. The van der Waals surface area contributed by atoms with Crippen LogP contribution in [0.4, 0.5) is 0 Å². The predicted octanol–water partition coefficient (Wildman–Crippen LogP) is 29.1. The Morgan fingerprint density at radius 2 is 0.439 bits per heavy atom. The van der Waals surface area contributed by atoms with E-state index in [1.807, 2.05) is 59.1 Å². The summed E-state index contributed by atoms with van der Waals surface area (Å²) in [5.74, 6) is 1.39. The van der Waals surface area contributed by atoms with Crippen LogP contribution in [0.15, 0.2) is 400 Å². The van der Waals surface area contributed by atoms with Crippen LogP contribution in [0.5, 0.6) is 0 Å². The second-order valence-electron chi connectivity index (χ2n) is 28.7. The van der Waals surface area contributed by atoms with E-state index in [1.54, 1.807) is 0 Å². The van der Waals surface area contributed by atoms with Crippen LogP contribution in [0.2, 0.25) is 0 Å². The summed E-state index contributed by atoms with van der Waals surface area (Å²) in [5.41, 5.74) is 25.1. The first-order chi connectivity index (χ1) is 56.5. The molecule has 0 aliphatic heterocycles. The molecular formula is C106H66N6S2. The summed E-state index contributed by atoms with van der Waals surface area (Å²) in [7, 11) is 0. The van der Waals surface area contributed by atoms with Gasteiger partial charge in [0.2, 0.25) is 0 Å². The standard InChI is InChI=1S/2C53H33N3S/c1-3-13-34(14-4-1)35-25-31-40(32-26-35)53-54-46(37-16-5-2-6-17-37)33-47(55-53)38-27-29-39(30-28-38)50-49-44-20-9-10-24-48(44)57-52(49)45-23-12-22-43(51(45)56-50)42-21-11-18-36-15-7-8-19-41(36)42;1-3-13-34(14-4-1)35-25-27-37(28-26-35)46-33-47(55-53(54-46)40-16-5-2-6-17-40)38-29-31-39(32-30-38)50-49-44-20-9-10-24-48(44)57-52(49)45-23-12-22-43(51(45)56-50)42-21-11-18-36-15-7-8-19-41(36)42/h2*1-33H. The predicted molar refractivity (Wildman–Crippen MR) is 481 cm³/mol. The maximum atomic E-state index is 5.60. The molecule has 0 spiro atoms. The Morgan fingerprint density at radius 3 is 0.842 bits per heavy atom. The minimum Gasteiger partial charge on any atom is -0.246 e. The molecule has 16 aromatic carbocycles. The van der Waals surface area contributed by atoms with Crippen LogP contribution in [-0.4, -0.2) is 29.9 Å². The Balaban J connectivity index is 0.000000143. The highest BCUT2D eigenvalue weighted by atomic mass is 32.1. The smallest absolute Gasteiger partial charge is 0.160 e. The number of hydrogen-bond acceptors (Lipinski definition) is 8. The molecule has 0 aliphatic rings. The normalized spacial score (nSPS) is 11.5. The Hall–Kier alpha value is -14.5. The SMILES string of the molecule is c1ccc(-c2ccc(-c3cc(-c4ccc(-c5nc6c(-c7cccc8ccccc78)cccc6c6sc7ccccc7c56)cc4)nc(-c4ccccc4)n3)cc2)cc1.c1ccc(-c2ccc(-c3nc(-c4ccccc4)cc(-c4ccc(-c5nc6c(-c7cccc8ccccc78)cccc6c6sc7ccccc7c56)cc4)n3)cc2)cc1. The van der Waals surface area contributed by atoms with Gasteiger partial charge in [0.1, 0.15) is 0 Å². The molecule has 0 atom stereocenters. The van der Waals surface area contributed by atoms with E-state index in [-0.39, 0.29) is 0 Å². The number of benzene rings is 16. The minimum atomic E-state index is 0.693. The molecule has 22 rings (SSSR count). The van der Waals surface area contributed by atoms with E-state index in [4.69, 9.17) is 29.9 Å². The number of hydrogen-bond donors (Lipinski definition) is 0. The molecule has 114 heavy (non-hydrogen) atoms. The first kappa shape index (κ1) is 67.6. The van der Waals surface area contributed by atoms with Gasteiger partial charge in [0.05, 0.1) is 45.2 Å². The molecule has 0 amide bonds. The molecule has 0 aliphatic carbocycles. The average Bonchev–Trinajstić information content (AvgIpc) is 1.53. The van der Waals surface area contributed by atoms with E-state index >= 15 is 0 Å². The third-order valence-electron chi connectivity index (χ3n) is 21.8. The van der Waals surface area contributed by atoms with Crippen molar-refractivity contribution in [3.63, 3.8) is 0 Å². The van der Waals surface area contributed by atoms with Crippen LogP contribution in [0.25, 0.3) is 219 Å². The summed E-state index contributed by atoms with van der Waals surface area (Å²) in [6.45, 7) is 0. The molecule has 22 aromatic rings. The van der Waals surface area contributed by atoms with Crippen molar-refractivity contribution in [2.24, 2.45) is 0 Å². The highest BCUT2D eigenvalue weighted by molar-refractivity contribution is 7.27. The monoisotopic (exact) mass is 1490 g/mol. The number of rotatable bonds is 12. The van der Waals surface area contributed by atoms with Crippen molar-refractivity contribution in [3.8, 4) is 135 Å². The Morgan fingerprint density at radius 1 is 0.175 bits per heavy atom. The maximum absolute atomic E-state index is 5.60. The van der Waals surface area contributed by atoms with E-state index < -0.39 is 0 Å². The third-order valence-corrected chi connectivity index (χ3v) is 24.2. The number of pyridine rings is 2. The van der Waals surface area contributed by atoms with Crippen LogP contribution in [0, 0.1) is 0 Å². The lowest BCUT2D eigenvalue weighted by Gasteiger charge is -2.13. The van der Waals surface area contributed by atoms with Crippen molar-refractivity contribution in [1.82, 2.24) is 29.9 Å². The fourth-order valence-electron chi connectivity index (χ4n) is 16.2. The number of para-hydroxylation sites is 2. The van der Waals surface area contributed by atoms with Gasteiger partial charge in [-0.15, -0.1) is 22.7 Å². The minimum absolute atomic E-state index is 0.693. The van der Waals surface area contributed by atoms with Gasteiger partial charge in [-0.2, -0.15) is 0 Å². The molecular weight excluding hydrogens is 1420 g/mol. The van der Waals surface area contributed by atoms with Crippen molar-refractivity contribution >= 4 is 106 Å². The second kappa shape index (κ2) is 29.0. The van der Waals surface area contributed by atoms with Crippen molar-refractivity contribution in [1.29, 1.82) is 0 Å². The van der Waals surface area contributed by atoms with Gasteiger partial charge < -0.3 is 0 Å². The zero-order valence-corrected chi connectivity index (χ0v) is 63.2. The Bertz CT molecular complexity index is 6960. The first-order valence-electron chi connectivity index (χ1n) is 38.4. The van der Waals surface area contributed by atoms with Gasteiger partial charge in [-0.1, -0.05) is 376 Å². The lowest BCUT2D eigenvalue weighted by atomic mass is 9.94. The van der Waals surface area contributed by atoms with Crippen molar-refractivity contribution in [3.05, 3.63) is 400 Å². The van der Waals surface area contributed by atoms with Gasteiger partial charge in [-0.25, -0.2) is 29.9 Å². The van der Waals surface area contributed by atoms with E-state index in [1.165, 1.54) is 100 Å². The largest absolute Gasteiger partial charge is 0.246 e. The van der Waals surface area contributed by atoms with E-state index in [2.05, 4.69) is 364 Å². The average molecular weight is 1490 g/mol. The Kier molecular flexibility index (Phi) is 17.2. The van der Waals surface area contributed by atoms with Gasteiger partial charge in [-0.3, -0.25) is 0 Å². The summed E-state index contributed by atoms with van der Waals surface area (Å²) in [5, 5.41) is 12.1. The Labute approximate surface area is 666 Å². The summed E-state index contributed by atoms with van der Waals surface area (Å²) in [6, 6.07) is 141. The topological polar surface area (TPSA) is 77.3 Å². The summed E-state index contributed by atoms with van der Waals surface area (Å²) in [6.07, 6.45) is 0. The van der Waals surface area contributed by atoms with Crippen molar-refractivity contribution < 1.29 is 0 Å². The van der Waals surface area contributed by atoms with Crippen molar-refractivity contribution in [2.75, 3.05) is 0 Å². The van der Waals surface area contributed by atoms with E-state index in [0.717, 1.165) is 106 Å². The molecule has 0 N–H and O–H groups in total. The van der Waals surface area contributed by atoms with Gasteiger partial charge in [0, 0.05) is 107 Å². The van der Waals surface area contributed by atoms with Gasteiger partial charge >= 0.3 is 0 Å². The molecule has 0 saturated heterocycles. The van der Waals surface area contributed by atoms with E-state index in [0.29, 0.717) is 11.6 Å². The van der Waals surface area contributed by atoms with Gasteiger partial charge in [0.15, 0.2) is 11.6 Å². The molecule has 0 fully saturated rings. The zero-order valence-electron chi connectivity index (χ0n) is 61.6. The molecule has 0 unspecified atom stereocenters. The fourth-order valence-corrected chi connectivity index (χ4v) is 18.6. The van der Waals surface area contributed by atoms with Crippen LogP contribution in [0.3, 0.4) is 0 Å². The fraction of sp³-hybridized carbons (Fsp3) is 0. The van der Waals surface area contributed by atoms with Gasteiger partial charge in [-0.05, 0) is 79.2 Å². The molecule has 6 aromatic heterocycles. The van der Waals surface area contributed by atoms with Crippen LogP contribution < -0.4 is 0 Å². The zero-order chi connectivity index (χ0) is 75.4. The number of thiophene rings is 2. The number of nitrogens with zero attached hydrogens (tertiary/aromatic N) is 6. The maximum Gasteiger partial charge on any atom is 0.160 e. The lowest BCUT2D eigenvalue weighted by Crippen LogP contribution is -1.96. The van der Waals surface area contributed by atoms with Crippen LogP contribution in [0.1, 0.15) is 0 Å². The number of aromatic nitrogens is 6. The highest BCUT2D eigenvalue weighted by Gasteiger charge is 2.23. The third kappa shape index (κ3) is 12.5. The molecule has 6 heterocycles. The number of fused-ring (bicyclic) bond motifs is 12. The van der Waals surface area contributed by atoms with Crippen molar-refractivity contribution in [2.45, 2.75) is 0 Å². The second-order valence-corrected chi connectivity index (χ2v) is 30.8. The highest BCUT2D eigenvalue weighted by Crippen LogP contribution is 2.48. The quantitative estimate of drug-likeness (QED) is 0.121. The van der Waals surface area contributed by atoms with E-state index in [9.17, 15) is 0 Å². The summed E-state index contributed by atoms with van der Waals surface area (Å²) >= 11 is 3.70. The molecule has 0 bridgehead atoms. The molecule has 8 heteroatoms.